The van der Waals surface area contributed by atoms with Gasteiger partial charge < -0.3 is 10.2 Å². The highest BCUT2D eigenvalue weighted by molar-refractivity contribution is 5.82. The predicted octanol–water partition coefficient (Wildman–Crippen LogP) is 1.24. The van der Waals surface area contributed by atoms with Gasteiger partial charge in [-0.2, -0.15) is 0 Å². The summed E-state index contributed by atoms with van der Waals surface area (Å²) in [5.41, 5.74) is 0. The van der Waals surface area contributed by atoms with Crippen molar-refractivity contribution in [1.29, 1.82) is 0 Å². The van der Waals surface area contributed by atoms with Crippen molar-refractivity contribution in [3.05, 3.63) is 0 Å². The zero-order valence-electron chi connectivity index (χ0n) is 13.7. The van der Waals surface area contributed by atoms with Crippen LogP contribution in [0.1, 0.15) is 44.9 Å². The summed E-state index contributed by atoms with van der Waals surface area (Å²) >= 11 is 0. The maximum absolute atomic E-state index is 12.3. The smallest absolute Gasteiger partial charge is 0.237 e. The van der Waals surface area contributed by atoms with Gasteiger partial charge >= 0.3 is 0 Å². The number of amides is 2. The van der Waals surface area contributed by atoms with Gasteiger partial charge in [0.25, 0.3) is 0 Å². The largest absolute Gasteiger partial charge is 0.358 e. The molecule has 0 spiro atoms. The van der Waals surface area contributed by atoms with Gasteiger partial charge in [0.2, 0.25) is 11.8 Å². The molecule has 0 aromatic rings. The fraction of sp³-hybridized carbons (Fsp3) is 0.882. The molecule has 0 bridgehead atoms. The van der Waals surface area contributed by atoms with Gasteiger partial charge in [0.15, 0.2) is 0 Å². The third-order valence-corrected chi connectivity index (χ3v) is 5.84. The van der Waals surface area contributed by atoms with E-state index < -0.39 is 0 Å². The van der Waals surface area contributed by atoms with E-state index >= 15 is 0 Å². The Morgan fingerprint density at radius 2 is 1.59 bits per heavy atom. The van der Waals surface area contributed by atoms with Crippen LogP contribution >= 0.6 is 0 Å². The second-order valence-electron chi connectivity index (χ2n) is 7.09. The summed E-state index contributed by atoms with van der Waals surface area (Å²) in [7, 11) is 1.74. The molecule has 1 saturated heterocycles. The molecule has 2 amide bonds. The minimum atomic E-state index is 0.00783. The van der Waals surface area contributed by atoms with Crippen molar-refractivity contribution in [2.24, 2.45) is 11.8 Å². The number of nitrogens with zero attached hydrogens (tertiary/aromatic N) is 2. The second-order valence-corrected chi connectivity index (χ2v) is 7.09. The summed E-state index contributed by atoms with van der Waals surface area (Å²) in [5, 5.41) is 2.85. The van der Waals surface area contributed by atoms with Crippen LogP contribution in [0.15, 0.2) is 0 Å². The van der Waals surface area contributed by atoms with Crippen LogP contribution in [-0.2, 0) is 9.59 Å². The first kappa shape index (κ1) is 15.8. The summed E-state index contributed by atoms with van der Waals surface area (Å²) in [5.74, 6) is 1.29. The molecule has 3 aliphatic rings. The summed E-state index contributed by atoms with van der Waals surface area (Å²) in [6.07, 6.45) is 8.18. The number of rotatable bonds is 4. The Bertz CT molecular complexity index is 408. The van der Waals surface area contributed by atoms with Crippen molar-refractivity contribution in [2.75, 3.05) is 33.2 Å². The third-order valence-electron chi connectivity index (χ3n) is 5.84. The molecular formula is C17H29N3O2. The predicted molar refractivity (Wildman–Crippen MR) is 85.3 cm³/mol. The lowest BCUT2D eigenvalue weighted by atomic mass is 9.84. The van der Waals surface area contributed by atoms with Crippen LogP contribution in [-0.4, -0.2) is 60.9 Å². The van der Waals surface area contributed by atoms with E-state index in [4.69, 9.17) is 0 Å². The number of hydrogen-bond donors (Lipinski definition) is 1. The second kappa shape index (κ2) is 6.99. The number of carbonyl (C=O) groups is 2. The van der Waals surface area contributed by atoms with Crippen LogP contribution in [0.4, 0.5) is 0 Å². The van der Waals surface area contributed by atoms with E-state index in [-0.39, 0.29) is 17.9 Å². The fourth-order valence-electron chi connectivity index (χ4n) is 4.23. The monoisotopic (exact) mass is 307 g/mol. The molecule has 124 valence electrons. The number of likely N-dealkylation sites (N-methyl/N-ethyl adjacent to an activating group) is 1. The minimum Gasteiger partial charge on any atom is -0.358 e. The van der Waals surface area contributed by atoms with Crippen LogP contribution in [0.2, 0.25) is 0 Å². The Balaban J connectivity index is 1.57. The highest BCUT2D eigenvalue weighted by atomic mass is 16.2. The maximum Gasteiger partial charge on any atom is 0.237 e. The molecule has 1 heterocycles. The molecule has 3 rings (SSSR count). The average Bonchev–Trinajstić information content (AvgIpc) is 3.00. The first-order chi connectivity index (χ1) is 10.7. The fourth-order valence-corrected chi connectivity index (χ4v) is 4.23. The van der Waals surface area contributed by atoms with Crippen molar-refractivity contribution in [1.82, 2.24) is 15.1 Å². The Hall–Kier alpha value is -1.10. The lowest BCUT2D eigenvalue weighted by molar-refractivity contribution is -0.141. The quantitative estimate of drug-likeness (QED) is 0.850. The lowest BCUT2D eigenvalue weighted by Gasteiger charge is -2.42. The van der Waals surface area contributed by atoms with Crippen LogP contribution in [0.3, 0.4) is 0 Å². The van der Waals surface area contributed by atoms with Gasteiger partial charge in [0.05, 0.1) is 6.04 Å². The van der Waals surface area contributed by atoms with Crippen molar-refractivity contribution in [3.8, 4) is 0 Å². The highest BCUT2D eigenvalue weighted by Gasteiger charge is 2.38. The SMILES string of the molecule is CNC(=O)C(C1CCCC1)N1CCN(C(=O)C2CCC2)CC1. The van der Waals surface area contributed by atoms with Gasteiger partial charge in [-0.05, 0) is 31.6 Å². The van der Waals surface area contributed by atoms with E-state index in [0.717, 1.165) is 39.0 Å². The molecule has 3 fully saturated rings. The van der Waals surface area contributed by atoms with E-state index in [2.05, 4.69) is 10.2 Å². The van der Waals surface area contributed by atoms with Gasteiger partial charge in [0, 0.05) is 39.1 Å². The Morgan fingerprint density at radius 1 is 0.955 bits per heavy atom. The van der Waals surface area contributed by atoms with Gasteiger partial charge in [-0.25, -0.2) is 0 Å². The summed E-state index contributed by atoms with van der Waals surface area (Å²) in [4.78, 5) is 29.0. The Labute approximate surface area is 133 Å². The number of piperazine rings is 1. The van der Waals surface area contributed by atoms with E-state index in [1.54, 1.807) is 7.05 Å². The third kappa shape index (κ3) is 3.14. The molecule has 1 unspecified atom stereocenters. The first-order valence-corrected chi connectivity index (χ1v) is 8.95. The average molecular weight is 307 g/mol. The van der Waals surface area contributed by atoms with Gasteiger partial charge in [-0.3, -0.25) is 14.5 Å². The molecule has 5 nitrogen and oxygen atoms in total. The van der Waals surface area contributed by atoms with Gasteiger partial charge in [-0.1, -0.05) is 19.3 Å². The number of nitrogens with one attached hydrogen (secondary N) is 1. The standard InChI is InChI=1S/C17H29N3O2/c1-18-16(21)15(13-5-2-3-6-13)19-9-11-20(12-10-19)17(22)14-7-4-8-14/h13-15H,2-12H2,1H3,(H,18,21). The number of carbonyl (C=O) groups excluding carboxylic acids is 2. The minimum absolute atomic E-state index is 0.00783. The molecule has 0 radical (unpaired) electrons. The highest BCUT2D eigenvalue weighted by Crippen LogP contribution is 2.32. The lowest BCUT2D eigenvalue weighted by Crippen LogP contribution is -2.58. The van der Waals surface area contributed by atoms with Crippen molar-refractivity contribution in [3.63, 3.8) is 0 Å². The van der Waals surface area contributed by atoms with E-state index in [1.807, 2.05) is 4.90 Å². The van der Waals surface area contributed by atoms with Crippen molar-refractivity contribution >= 4 is 11.8 Å². The summed E-state index contributed by atoms with van der Waals surface area (Å²) in [6.45, 7) is 3.26. The van der Waals surface area contributed by atoms with Gasteiger partial charge in [0.1, 0.15) is 0 Å². The zero-order valence-corrected chi connectivity index (χ0v) is 13.7. The van der Waals surface area contributed by atoms with Crippen LogP contribution < -0.4 is 5.32 Å². The molecular weight excluding hydrogens is 278 g/mol. The van der Waals surface area contributed by atoms with Crippen molar-refractivity contribution in [2.45, 2.75) is 51.0 Å². The van der Waals surface area contributed by atoms with E-state index in [0.29, 0.717) is 11.8 Å². The van der Waals surface area contributed by atoms with Gasteiger partial charge in [-0.15, -0.1) is 0 Å². The topological polar surface area (TPSA) is 52.7 Å². The molecule has 1 N–H and O–H groups in total. The van der Waals surface area contributed by atoms with E-state index in [1.165, 1.54) is 32.1 Å². The molecule has 2 aliphatic carbocycles. The number of hydrogen-bond acceptors (Lipinski definition) is 3. The Kier molecular flexibility index (Phi) is 5.01. The summed E-state index contributed by atoms with van der Waals surface area (Å²) in [6, 6.07) is 0.00783. The molecule has 5 heteroatoms. The van der Waals surface area contributed by atoms with E-state index in [9.17, 15) is 9.59 Å². The maximum atomic E-state index is 12.3. The van der Waals surface area contributed by atoms with Crippen LogP contribution in [0.5, 0.6) is 0 Å². The molecule has 1 aliphatic heterocycles. The molecule has 0 aromatic carbocycles. The van der Waals surface area contributed by atoms with Crippen LogP contribution in [0, 0.1) is 11.8 Å². The molecule has 22 heavy (non-hydrogen) atoms. The first-order valence-electron chi connectivity index (χ1n) is 8.95. The molecule has 0 aromatic heterocycles. The molecule has 2 saturated carbocycles. The van der Waals surface area contributed by atoms with Crippen molar-refractivity contribution < 1.29 is 9.59 Å². The normalized spacial score (nSPS) is 25.8. The molecule has 1 atom stereocenters. The Morgan fingerprint density at radius 3 is 2.09 bits per heavy atom. The van der Waals surface area contributed by atoms with Crippen LogP contribution in [0.25, 0.3) is 0 Å². The zero-order chi connectivity index (χ0) is 15.5. The summed E-state index contributed by atoms with van der Waals surface area (Å²) < 4.78 is 0.